The fraction of sp³-hybridized carbons (Fsp3) is 1.00. The topological polar surface area (TPSA) is 41.5 Å². The average Bonchev–Trinajstić information content (AvgIpc) is 2.34. The zero-order valence-electron chi connectivity index (χ0n) is 7.42. The molecule has 3 nitrogen and oxygen atoms in total. The van der Waals surface area contributed by atoms with Gasteiger partial charge in [0.05, 0.1) is 12.7 Å². The van der Waals surface area contributed by atoms with E-state index in [-0.39, 0.29) is 0 Å². The first kappa shape index (κ1) is 8.97. The summed E-state index contributed by atoms with van der Waals surface area (Å²) in [6.07, 6.45) is -0.454. The number of rotatable bonds is 2. The van der Waals surface area contributed by atoms with Gasteiger partial charge >= 0.3 is 0 Å². The van der Waals surface area contributed by atoms with E-state index in [9.17, 15) is 5.11 Å². The first-order chi connectivity index (χ1) is 5.09. The van der Waals surface area contributed by atoms with Gasteiger partial charge in [0.15, 0.2) is 0 Å². The van der Waals surface area contributed by atoms with Crippen molar-refractivity contribution in [3.05, 3.63) is 0 Å². The largest absolute Gasteiger partial charge is 0.389 e. The van der Waals surface area contributed by atoms with Gasteiger partial charge < -0.3 is 9.84 Å². The summed E-state index contributed by atoms with van der Waals surface area (Å²) in [6.45, 7) is 7.39. The first-order valence-corrected chi connectivity index (χ1v) is 4.16. The number of hydrogen-bond donors (Lipinski definition) is 2. The number of ether oxygens (including phenoxy) is 1. The van der Waals surface area contributed by atoms with Gasteiger partial charge in [0.25, 0.3) is 0 Å². The molecule has 0 aromatic carbocycles. The minimum atomic E-state index is -0.500. The van der Waals surface area contributed by atoms with Crippen LogP contribution >= 0.6 is 0 Å². The third kappa shape index (κ3) is 1.41. The molecule has 2 atom stereocenters. The molecule has 2 unspecified atom stereocenters. The zero-order chi connectivity index (χ0) is 8.48. The zero-order valence-corrected chi connectivity index (χ0v) is 7.42. The second-order valence-corrected chi connectivity index (χ2v) is 3.40. The molecule has 0 bridgehead atoms. The van der Waals surface area contributed by atoms with Gasteiger partial charge in [-0.2, -0.15) is 0 Å². The molecule has 1 rings (SSSR count). The van der Waals surface area contributed by atoms with Gasteiger partial charge in [0.2, 0.25) is 0 Å². The summed E-state index contributed by atoms with van der Waals surface area (Å²) in [5.74, 6) is 0.296. The highest BCUT2D eigenvalue weighted by Crippen LogP contribution is 2.25. The van der Waals surface area contributed by atoms with Crippen LogP contribution in [0.25, 0.3) is 0 Å². The standard InChI is InChI=1S/C8H17NO2/c1-6(2)8(7(3)10)9-4-5-11-8/h6-7,9-10H,4-5H2,1-3H3. The lowest BCUT2D eigenvalue weighted by atomic mass is 9.95. The van der Waals surface area contributed by atoms with Crippen molar-refractivity contribution in [2.75, 3.05) is 13.2 Å². The average molecular weight is 159 g/mol. The van der Waals surface area contributed by atoms with E-state index in [4.69, 9.17) is 4.74 Å². The predicted molar refractivity (Wildman–Crippen MR) is 43.2 cm³/mol. The maximum Gasteiger partial charge on any atom is 0.147 e. The van der Waals surface area contributed by atoms with Crippen molar-refractivity contribution in [3.63, 3.8) is 0 Å². The second kappa shape index (κ2) is 3.09. The van der Waals surface area contributed by atoms with Crippen LogP contribution in [0.4, 0.5) is 0 Å². The van der Waals surface area contributed by atoms with E-state index in [0.29, 0.717) is 12.5 Å². The van der Waals surface area contributed by atoms with E-state index in [1.165, 1.54) is 0 Å². The molecule has 0 saturated carbocycles. The smallest absolute Gasteiger partial charge is 0.147 e. The van der Waals surface area contributed by atoms with Crippen molar-refractivity contribution < 1.29 is 9.84 Å². The molecule has 3 heteroatoms. The number of aliphatic hydroxyl groups is 1. The Morgan fingerprint density at radius 1 is 1.45 bits per heavy atom. The second-order valence-electron chi connectivity index (χ2n) is 3.40. The lowest BCUT2D eigenvalue weighted by Crippen LogP contribution is -2.54. The highest BCUT2D eigenvalue weighted by molar-refractivity contribution is 4.90. The molecule has 1 saturated heterocycles. The first-order valence-electron chi connectivity index (χ1n) is 4.16. The van der Waals surface area contributed by atoms with Gasteiger partial charge in [0.1, 0.15) is 5.72 Å². The summed E-state index contributed by atoms with van der Waals surface area (Å²) in [6, 6.07) is 0. The molecule has 1 aliphatic rings. The van der Waals surface area contributed by atoms with Crippen molar-refractivity contribution in [3.8, 4) is 0 Å². The maximum absolute atomic E-state index is 9.49. The van der Waals surface area contributed by atoms with Crippen molar-refractivity contribution >= 4 is 0 Å². The molecule has 66 valence electrons. The van der Waals surface area contributed by atoms with Gasteiger partial charge in [-0.1, -0.05) is 13.8 Å². The molecule has 0 amide bonds. The summed E-state index contributed by atoms with van der Waals surface area (Å²) in [4.78, 5) is 0. The molecule has 11 heavy (non-hydrogen) atoms. The van der Waals surface area contributed by atoms with Crippen LogP contribution in [0, 0.1) is 5.92 Å². The van der Waals surface area contributed by atoms with E-state index < -0.39 is 11.8 Å². The Hall–Kier alpha value is -0.120. The molecule has 0 radical (unpaired) electrons. The molecule has 1 fully saturated rings. The van der Waals surface area contributed by atoms with Crippen LogP contribution in [0.2, 0.25) is 0 Å². The predicted octanol–water partition coefficient (Wildman–Crippen LogP) is 0.339. The van der Waals surface area contributed by atoms with E-state index in [0.717, 1.165) is 6.54 Å². The molecule has 1 heterocycles. The van der Waals surface area contributed by atoms with Gasteiger partial charge in [-0.15, -0.1) is 0 Å². The SMILES string of the molecule is CC(C)C1(C(C)O)NCCO1. The molecule has 2 N–H and O–H groups in total. The molecular weight excluding hydrogens is 142 g/mol. The third-order valence-corrected chi connectivity index (χ3v) is 2.32. The van der Waals surface area contributed by atoms with Crippen LogP contribution in [-0.4, -0.2) is 30.1 Å². The third-order valence-electron chi connectivity index (χ3n) is 2.32. The van der Waals surface area contributed by atoms with E-state index in [2.05, 4.69) is 5.32 Å². The number of aliphatic hydroxyl groups excluding tert-OH is 1. The molecule has 0 aromatic heterocycles. The minimum Gasteiger partial charge on any atom is -0.389 e. The Morgan fingerprint density at radius 3 is 2.27 bits per heavy atom. The fourth-order valence-electron chi connectivity index (χ4n) is 1.64. The number of nitrogens with one attached hydrogen (secondary N) is 1. The van der Waals surface area contributed by atoms with Crippen LogP contribution < -0.4 is 5.32 Å². The lowest BCUT2D eigenvalue weighted by molar-refractivity contribution is -0.124. The van der Waals surface area contributed by atoms with Crippen molar-refractivity contribution in [2.45, 2.75) is 32.6 Å². The van der Waals surface area contributed by atoms with Gasteiger partial charge in [-0.3, -0.25) is 5.32 Å². The molecule has 0 spiro atoms. The summed E-state index contributed by atoms with van der Waals surface area (Å²) in [7, 11) is 0. The Morgan fingerprint density at radius 2 is 2.09 bits per heavy atom. The van der Waals surface area contributed by atoms with Gasteiger partial charge in [-0.05, 0) is 12.8 Å². The summed E-state index contributed by atoms with van der Waals surface area (Å²) >= 11 is 0. The van der Waals surface area contributed by atoms with Crippen molar-refractivity contribution in [2.24, 2.45) is 5.92 Å². The van der Waals surface area contributed by atoms with E-state index >= 15 is 0 Å². The quantitative estimate of drug-likeness (QED) is 0.610. The van der Waals surface area contributed by atoms with Crippen molar-refractivity contribution in [1.82, 2.24) is 5.32 Å². The molecule has 1 aliphatic heterocycles. The van der Waals surface area contributed by atoms with Crippen LogP contribution in [0.1, 0.15) is 20.8 Å². The normalized spacial score (nSPS) is 34.6. The lowest BCUT2D eigenvalue weighted by Gasteiger charge is -2.35. The summed E-state index contributed by atoms with van der Waals surface area (Å²) in [5, 5.41) is 12.7. The van der Waals surface area contributed by atoms with Crippen LogP contribution in [-0.2, 0) is 4.74 Å². The van der Waals surface area contributed by atoms with Crippen LogP contribution in [0.15, 0.2) is 0 Å². The Kier molecular flexibility index (Phi) is 2.52. The monoisotopic (exact) mass is 159 g/mol. The molecular formula is C8H17NO2. The highest BCUT2D eigenvalue weighted by Gasteiger charge is 2.42. The summed E-state index contributed by atoms with van der Waals surface area (Å²) < 4.78 is 5.50. The summed E-state index contributed by atoms with van der Waals surface area (Å²) in [5.41, 5.74) is -0.500. The minimum absolute atomic E-state index is 0.296. The highest BCUT2D eigenvalue weighted by atomic mass is 16.5. The Bertz CT molecular complexity index is 118. The van der Waals surface area contributed by atoms with Crippen LogP contribution in [0.5, 0.6) is 0 Å². The number of hydrogen-bond acceptors (Lipinski definition) is 3. The van der Waals surface area contributed by atoms with Gasteiger partial charge in [0, 0.05) is 6.54 Å². The van der Waals surface area contributed by atoms with Gasteiger partial charge in [-0.25, -0.2) is 0 Å². The van der Waals surface area contributed by atoms with Crippen LogP contribution in [0.3, 0.4) is 0 Å². The Balaban J connectivity index is 2.70. The maximum atomic E-state index is 9.49. The molecule has 0 aromatic rings. The fourth-order valence-corrected chi connectivity index (χ4v) is 1.64. The molecule has 0 aliphatic carbocycles. The van der Waals surface area contributed by atoms with E-state index in [1.54, 1.807) is 6.92 Å². The Labute approximate surface area is 67.7 Å². The van der Waals surface area contributed by atoms with E-state index in [1.807, 2.05) is 13.8 Å². The van der Waals surface area contributed by atoms with Crippen molar-refractivity contribution in [1.29, 1.82) is 0 Å².